The van der Waals surface area contributed by atoms with Crippen LogP contribution < -0.4 is 0 Å². The molecule has 0 aromatic carbocycles. The molecule has 0 radical (unpaired) electrons. The number of allylic oxidation sites excluding steroid dienone is 8. The molecule has 1 rings (SSSR count). The molecule has 0 spiro atoms. The van der Waals surface area contributed by atoms with Crippen molar-refractivity contribution in [3.8, 4) is 0 Å². The van der Waals surface area contributed by atoms with Crippen molar-refractivity contribution in [3.63, 3.8) is 0 Å². The zero-order valence-electron chi connectivity index (χ0n) is 36.7. The number of carboxylic acids is 1. The highest BCUT2D eigenvalue weighted by Gasteiger charge is 2.47. The number of aliphatic carboxylic acids is 1. The Hall–Kier alpha value is -2.83. The normalized spacial score (nSPS) is 20.3. The van der Waals surface area contributed by atoms with Crippen molar-refractivity contribution < 1.29 is 53.8 Å². The molecule has 0 saturated carbocycles. The summed E-state index contributed by atoms with van der Waals surface area (Å²) >= 11 is 0. The Balaban J connectivity index is 2.36. The van der Waals surface area contributed by atoms with Gasteiger partial charge in [0, 0.05) is 12.8 Å². The molecule has 0 aromatic heterocycles. The Morgan fingerprint density at radius 2 is 1.00 bits per heavy atom. The van der Waals surface area contributed by atoms with Crippen molar-refractivity contribution in [2.24, 2.45) is 0 Å². The number of carbonyl (C=O) groups is 3. The highest BCUT2D eigenvalue weighted by Crippen LogP contribution is 2.23. The minimum absolute atomic E-state index is 0.115. The number of carbonyl (C=O) groups excluding carboxylic acids is 2. The fourth-order valence-corrected chi connectivity index (χ4v) is 6.83. The number of aliphatic hydroxyl groups excluding tert-OH is 3. The molecule has 11 heteroatoms. The molecule has 1 fully saturated rings. The third kappa shape index (κ3) is 29.9. The van der Waals surface area contributed by atoms with Crippen molar-refractivity contribution in [2.75, 3.05) is 13.2 Å². The molecule has 0 aromatic rings. The van der Waals surface area contributed by atoms with Crippen molar-refractivity contribution in [1.82, 2.24) is 0 Å². The van der Waals surface area contributed by atoms with Crippen LogP contribution in [-0.4, -0.2) is 88.4 Å². The Morgan fingerprint density at radius 3 is 1.47 bits per heavy atom. The van der Waals surface area contributed by atoms with Gasteiger partial charge in [-0.3, -0.25) is 9.59 Å². The molecule has 6 unspecified atom stereocenters. The van der Waals surface area contributed by atoms with Gasteiger partial charge >= 0.3 is 17.9 Å². The highest BCUT2D eigenvalue weighted by molar-refractivity contribution is 5.73. The number of hydrogen-bond donors (Lipinski definition) is 4. The van der Waals surface area contributed by atoms with E-state index < -0.39 is 61.3 Å². The van der Waals surface area contributed by atoms with Crippen LogP contribution in [0.4, 0.5) is 0 Å². The second kappa shape index (κ2) is 38.1. The van der Waals surface area contributed by atoms with Gasteiger partial charge in [-0.1, -0.05) is 184 Å². The number of rotatable bonds is 38. The molecule has 59 heavy (non-hydrogen) atoms. The second-order valence-electron chi connectivity index (χ2n) is 15.9. The highest BCUT2D eigenvalue weighted by atomic mass is 16.7. The first-order chi connectivity index (χ1) is 28.7. The molecule has 1 aliphatic heterocycles. The minimum atomic E-state index is -1.87. The largest absolute Gasteiger partial charge is 0.479 e. The number of aliphatic hydroxyl groups is 3. The lowest BCUT2D eigenvalue weighted by Crippen LogP contribution is -2.60. The fraction of sp³-hybridized carbons (Fsp3) is 0.771. The van der Waals surface area contributed by atoms with Gasteiger partial charge in [0.05, 0.1) is 6.61 Å². The van der Waals surface area contributed by atoms with Gasteiger partial charge in [-0.05, 0) is 38.5 Å². The number of unbranched alkanes of at least 4 members (excludes halogenated alkanes) is 19. The van der Waals surface area contributed by atoms with Crippen molar-refractivity contribution in [1.29, 1.82) is 0 Å². The molecular formula is C48H82O11. The van der Waals surface area contributed by atoms with Crippen LogP contribution in [0.15, 0.2) is 48.6 Å². The molecule has 340 valence electrons. The quantitative estimate of drug-likeness (QED) is 0.0265. The van der Waals surface area contributed by atoms with Crippen LogP contribution >= 0.6 is 0 Å². The van der Waals surface area contributed by atoms with Crippen LogP contribution in [0.3, 0.4) is 0 Å². The third-order valence-corrected chi connectivity index (χ3v) is 10.5. The van der Waals surface area contributed by atoms with E-state index in [1.165, 1.54) is 103 Å². The maximum absolute atomic E-state index is 12.8. The first-order valence-electron chi connectivity index (χ1n) is 23.2. The van der Waals surface area contributed by atoms with Gasteiger partial charge in [0.25, 0.3) is 0 Å². The van der Waals surface area contributed by atoms with E-state index in [9.17, 15) is 34.8 Å². The number of hydrogen-bond acceptors (Lipinski definition) is 10. The van der Waals surface area contributed by atoms with Crippen LogP contribution in [0, 0.1) is 0 Å². The van der Waals surface area contributed by atoms with E-state index in [-0.39, 0.29) is 19.4 Å². The van der Waals surface area contributed by atoms with Crippen LogP contribution in [0.2, 0.25) is 0 Å². The van der Waals surface area contributed by atoms with E-state index in [0.717, 1.165) is 44.9 Å². The fourth-order valence-electron chi connectivity index (χ4n) is 6.83. The standard InChI is InChI=1S/C48H82O11/c1-3-5-7-9-11-13-15-17-18-19-20-21-22-23-25-27-29-31-33-35-37-42(50)58-40(39-57-48-45(53)43(51)44(52)46(59-48)47(54)55)38-56-41(49)36-34-32-30-28-26-24-16-14-12-10-8-6-4-2/h6,8,12,14,24,26,30,32,40,43-46,48,51-53H,3-5,7,9-11,13,15-23,25,27-29,31,33-39H2,1-2H3,(H,54,55)/b8-6-,14-12-,26-24-,32-30-. The van der Waals surface area contributed by atoms with Crippen LogP contribution in [0.25, 0.3) is 0 Å². The molecule has 0 bridgehead atoms. The molecule has 0 aliphatic carbocycles. The van der Waals surface area contributed by atoms with E-state index in [1.54, 1.807) is 0 Å². The lowest BCUT2D eigenvalue weighted by molar-refractivity contribution is -0.298. The lowest BCUT2D eigenvalue weighted by atomic mass is 9.99. The van der Waals surface area contributed by atoms with Crippen LogP contribution in [0.1, 0.15) is 187 Å². The minimum Gasteiger partial charge on any atom is -0.479 e. The Morgan fingerprint density at radius 1 is 0.542 bits per heavy atom. The molecule has 0 amide bonds. The molecule has 6 atom stereocenters. The van der Waals surface area contributed by atoms with Crippen molar-refractivity contribution in [3.05, 3.63) is 48.6 Å². The SMILES string of the molecule is CC/C=C\C/C=C\C/C=C\C/C=C\CCC(=O)OCC(COC1OC(C(=O)O)C(O)C(O)C1O)OC(=O)CCCCCCCCCCCCCCCCCCCCCC. The molecule has 11 nitrogen and oxygen atoms in total. The first-order valence-corrected chi connectivity index (χ1v) is 23.2. The van der Waals surface area contributed by atoms with E-state index in [2.05, 4.69) is 50.3 Å². The molecule has 4 N–H and O–H groups in total. The zero-order chi connectivity index (χ0) is 43.2. The molecular weight excluding hydrogens is 753 g/mol. The summed E-state index contributed by atoms with van der Waals surface area (Å²) in [5.74, 6) is -2.54. The van der Waals surface area contributed by atoms with Crippen LogP contribution in [0.5, 0.6) is 0 Å². The summed E-state index contributed by atoms with van der Waals surface area (Å²) in [6, 6.07) is 0. The van der Waals surface area contributed by atoms with Crippen molar-refractivity contribution in [2.45, 2.75) is 224 Å². The van der Waals surface area contributed by atoms with E-state index in [0.29, 0.717) is 12.8 Å². The predicted octanol–water partition coefficient (Wildman–Crippen LogP) is 10.1. The first kappa shape index (κ1) is 54.2. The Bertz CT molecular complexity index is 1170. The third-order valence-electron chi connectivity index (χ3n) is 10.5. The maximum atomic E-state index is 12.8. The summed E-state index contributed by atoms with van der Waals surface area (Å²) in [4.78, 5) is 36.8. The van der Waals surface area contributed by atoms with E-state index in [1.807, 2.05) is 12.2 Å². The number of esters is 2. The second-order valence-corrected chi connectivity index (χ2v) is 15.9. The van der Waals surface area contributed by atoms with Crippen molar-refractivity contribution >= 4 is 17.9 Å². The average molecular weight is 835 g/mol. The van der Waals surface area contributed by atoms with Gasteiger partial charge < -0.3 is 39.4 Å². The van der Waals surface area contributed by atoms with Gasteiger partial charge in [0.1, 0.15) is 24.9 Å². The number of ether oxygens (including phenoxy) is 4. The van der Waals surface area contributed by atoms with E-state index >= 15 is 0 Å². The summed E-state index contributed by atoms with van der Waals surface area (Å²) in [7, 11) is 0. The Kier molecular flexibility index (Phi) is 35.0. The number of carboxylic acid groups (broad SMARTS) is 1. The monoisotopic (exact) mass is 835 g/mol. The maximum Gasteiger partial charge on any atom is 0.335 e. The molecule has 1 saturated heterocycles. The predicted molar refractivity (Wildman–Crippen MR) is 234 cm³/mol. The summed E-state index contributed by atoms with van der Waals surface area (Å²) in [5, 5.41) is 39.8. The van der Waals surface area contributed by atoms with Gasteiger partial charge in [-0.2, -0.15) is 0 Å². The van der Waals surface area contributed by atoms with Gasteiger partial charge in [0.2, 0.25) is 0 Å². The smallest absolute Gasteiger partial charge is 0.335 e. The zero-order valence-corrected chi connectivity index (χ0v) is 36.7. The summed E-state index contributed by atoms with van der Waals surface area (Å²) in [6.45, 7) is 3.64. The van der Waals surface area contributed by atoms with Crippen LogP contribution in [-0.2, 0) is 33.3 Å². The topological polar surface area (TPSA) is 169 Å². The van der Waals surface area contributed by atoms with Gasteiger partial charge in [-0.25, -0.2) is 4.79 Å². The Labute approximate surface area is 356 Å². The van der Waals surface area contributed by atoms with Gasteiger partial charge in [0.15, 0.2) is 18.5 Å². The summed E-state index contributed by atoms with van der Waals surface area (Å²) in [5.41, 5.74) is 0. The summed E-state index contributed by atoms with van der Waals surface area (Å²) in [6.07, 6.45) is 36.2. The summed E-state index contributed by atoms with van der Waals surface area (Å²) < 4.78 is 21.7. The van der Waals surface area contributed by atoms with Gasteiger partial charge in [-0.15, -0.1) is 0 Å². The molecule has 1 aliphatic rings. The lowest BCUT2D eigenvalue weighted by Gasteiger charge is -2.38. The molecule has 1 heterocycles. The average Bonchev–Trinajstić information content (AvgIpc) is 3.22. The van der Waals surface area contributed by atoms with E-state index in [4.69, 9.17) is 18.9 Å².